The highest BCUT2D eigenvalue weighted by molar-refractivity contribution is 5.90. The first kappa shape index (κ1) is 23.7. The Morgan fingerprint density at radius 1 is 1.15 bits per heavy atom. The lowest BCUT2D eigenvalue weighted by Crippen LogP contribution is -2.48. The maximum Gasteiger partial charge on any atom is 0.419 e. The highest BCUT2D eigenvalue weighted by Crippen LogP contribution is 2.35. The van der Waals surface area contributed by atoms with E-state index in [2.05, 4.69) is 20.3 Å². The predicted molar refractivity (Wildman–Crippen MR) is 120 cm³/mol. The van der Waals surface area contributed by atoms with E-state index >= 15 is 0 Å². The third kappa shape index (κ3) is 4.73. The highest BCUT2D eigenvalue weighted by atomic mass is 19.4. The lowest BCUT2D eigenvalue weighted by molar-refractivity contribution is -0.140. The van der Waals surface area contributed by atoms with Gasteiger partial charge in [0.1, 0.15) is 23.3 Å². The number of rotatable bonds is 4. The summed E-state index contributed by atoms with van der Waals surface area (Å²) in [6.07, 6.45) is -3.18. The Balaban J connectivity index is 1.65. The van der Waals surface area contributed by atoms with Gasteiger partial charge in [-0.1, -0.05) is 12.1 Å². The molecule has 1 aliphatic heterocycles. The van der Waals surface area contributed by atoms with E-state index in [0.29, 0.717) is 54.5 Å². The molecule has 180 valence electrons. The van der Waals surface area contributed by atoms with E-state index in [1.807, 2.05) is 4.90 Å². The molecule has 1 aliphatic rings. The zero-order chi connectivity index (χ0) is 24.6. The molecule has 0 spiro atoms. The summed E-state index contributed by atoms with van der Waals surface area (Å²) in [6.45, 7) is 7.18. The molecular weight excluding hydrogens is 452 g/mol. The number of benzene rings is 1. The van der Waals surface area contributed by atoms with Gasteiger partial charge in [0.2, 0.25) is 5.91 Å². The van der Waals surface area contributed by atoms with Crippen LogP contribution in [0.25, 0.3) is 10.9 Å². The number of halogens is 4. The number of nitrogens with zero attached hydrogens (tertiary/aromatic N) is 5. The molecule has 4 rings (SSSR count). The molecule has 0 radical (unpaired) electrons. The van der Waals surface area contributed by atoms with Crippen LogP contribution in [0, 0.1) is 12.7 Å². The molecule has 34 heavy (non-hydrogen) atoms. The Hall–Kier alpha value is -3.50. The van der Waals surface area contributed by atoms with Crippen molar-refractivity contribution in [1.82, 2.24) is 19.9 Å². The Labute approximate surface area is 193 Å². The van der Waals surface area contributed by atoms with Crippen molar-refractivity contribution in [2.75, 3.05) is 36.4 Å². The van der Waals surface area contributed by atoms with Crippen molar-refractivity contribution in [2.45, 2.75) is 33.0 Å². The van der Waals surface area contributed by atoms with E-state index in [9.17, 15) is 22.4 Å². The number of carbonyl (C=O) groups excluding carboxylic acids is 1. The van der Waals surface area contributed by atoms with Crippen molar-refractivity contribution in [3.05, 3.63) is 53.2 Å². The van der Waals surface area contributed by atoms with Crippen molar-refractivity contribution in [2.24, 2.45) is 0 Å². The first-order valence-electron chi connectivity index (χ1n) is 10.8. The fourth-order valence-corrected chi connectivity index (χ4v) is 4.06. The van der Waals surface area contributed by atoms with Crippen LogP contribution >= 0.6 is 0 Å². The molecule has 3 aromatic rings. The van der Waals surface area contributed by atoms with Gasteiger partial charge in [0.25, 0.3) is 0 Å². The number of hydrogen-bond acceptors (Lipinski definition) is 6. The topological polar surface area (TPSA) is 74.2 Å². The standard InChI is InChI=1S/C23H24F4N6O/c1-13(16-5-4-6-18(21(16)24)23(25,26)27)29-22-17-11-20(28-12-19(17)30-14(2)31-22)33-9-7-32(8-10-33)15(3)34/h4-6,11-13H,7-10H2,1-3H3,(H,29,30,31). The Bertz CT molecular complexity index is 1220. The van der Waals surface area contributed by atoms with Crippen LogP contribution < -0.4 is 10.2 Å². The van der Waals surface area contributed by atoms with E-state index in [1.54, 1.807) is 31.0 Å². The van der Waals surface area contributed by atoms with Crippen molar-refractivity contribution < 1.29 is 22.4 Å². The molecule has 1 N–H and O–H groups in total. The van der Waals surface area contributed by atoms with Gasteiger partial charge in [0, 0.05) is 44.1 Å². The molecule has 7 nitrogen and oxygen atoms in total. The molecule has 11 heteroatoms. The average molecular weight is 476 g/mol. The number of amides is 1. The number of aromatic nitrogens is 3. The number of pyridine rings is 1. The number of nitrogens with one attached hydrogen (secondary N) is 1. The minimum Gasteiger partial charge on any atom is -0.363 e. The molecule has 1 amide bonds. The lowest BCUT2D eigenvalue weighted by Gasteiger charge is -2.35. The summed E-state index contributed by atoms with van der Waals surface area (Å²) >= 11 is 0. The molecule has 1 unspecified atom stereocenters. The number of aryl methyl sites for hydroxylation is 1. The minimum absolute atomic E-state index is 0.0253. The van der Waals surface area contributed by atoms with Gasteiger partial charge >= 0.3 is 6.18 Å². The summed E-state index contributed by atoms with van der Waals surface area (Å²) in [6, 6.07) is 4.23. The van der Waals surface area contributed by atoms with E-state index in [-0.39, 0.29) is 11.5 Å². The van der Waals surface area contributed by atoms with Gasteiger partial charge in [-0.2, -0.15) is 13.2 Å². The second-order valence-corrected chi connectivity index (χ2v) is 8.24. The number of carbonyl (C=O) groups is 1. The van der Waals surface area contributed by atoms with Gasteiger partial charge in [-0.25, -0.2) is 19.3 Å². The van der Waals surface area contributed by atoms with E-state index in [1.165, 1.54) is 19.1 Å². The molecule has 3 heterocycles. The largest absolute Gasteiger partial charge is 0.419 e. The van der Waals surface area contributed by atoms with E-state index in [4.69, 9.17) is 0 Å². The molecular formula is C23H24F4N6O. The zero-order valence-corrected chi connectivity index (χ0v) is 18.9. The predicted octanol–water partition coefficient (Wildman–Crippen LogP) is 4.33. The number of fused-ring (bicyclic) bond motifs is 1. The zero-order valence-electron chi connectivity index (χ0n) is 18.9. The third-order valence-electron chi connectivity index (χ3n) is 5.88. The van der Waals surface area contributed by atoms with Gasteiger partial charge in [-0.3, -0.25) is 4.79 Å². The van der Waals surface area contributed by atoms with Crippen LogP contribution in [0.15, 0.2) is 30.5 Å². The second kappa shape index (κ2) is 9.03. The number of piperazine rings is 1. The SMILES string of the molecule is CC(=O)N1CCN(c2cc3c(NC(C)c4cccc(C(F)(F)F)c4F)nc(C)nc3cn2)CC1. The Morgan fingerprint density at radius 3 is 2.50 bits per heavy atom. The Morgan fingerprint density at radius 2 is 1.85 bits per heavy atom. The fourth-order valence-electron chi connectivity index (χ4n) is 4.06. The monoisotopic (exact) mass is 476 g/mol. The first-order chi connectivity index (χ1) is 16.0. The maximum atomic E-state index is 14.7. The van der Waals surface area contributed by atoms with Gasteiger partial charge in [0.05, 0.1) is 23.3 Å². The molecule has 0 aliphatic carbocycles. The summed E-state index contributed by atoms with van der Waals surface area (Å²) in [5.74, 6) is 0.200. The first-order valence-corrected chi connectivity index (χ1v) is 10.8. The molecule has 0 bridgehead atoms. The summed E-state index contributed by atoms with van der Waals surface area (Å²) in [5, 5.41) is 3.67. The fraction of sp³-hybridized carbons (Fsp3) is 0.391. The number of anilines is 2. The van der Waals surface area contributed by atoms with Gasteiger partial charge in [-0.05, 0) is 26.0 Å². The van der Waals surface area contributed by atoms with E-state index in [0.717, 1.165) is 6.07 Å². The average Bonchev–Trinajstić information content (AvgIpc) is 2.78. The quantitative estimate of drug-likeness (QED) is 0.565. The van der Waals surface area contributed by atoms with E-state index < -0.39 is 23.6 Å². The van der Waals surface area contributed by atoms with Crippen molar-refractivity contribution in [1.29, 1.82) is 0 Å². The molecule has 1 saturated heterocycles. The van der Waals surface area contributed by atoms with Gasteiger partial charge in [0.15, 0.2) is 0 Å². The molecule has 1 fully saturated rings. The minimum atomic E-state index is -4.79. The number of alkyl halides is 3. The lowest BCUT2D eigenvalue weighted by atomic mass is 10.0. The Kier molecular flexibility index (Phi) is 6.28. The molecule has 1 aromatic carbocycles. The second-order valence-electron chi connectivity index (χ2n) is 8.24. The van der Waals surface area contributed by atoms with Crippen molar-refractivity contribution in [3.8, 4) is 0 Å². The smallest absolute Gasteiger partial charge is 0.363 e. The van der Waals surface area contributed by atoms with Crippen LogP contribution in [0.5, 0.6) is 0 Å². The van der Waals surface area contributed by atoms with Crippen LogP contribution in [0.3, 0.4) is 0 Å². The van der Waals surface area contributed by atoms with Crippen molar-refractivity contribution in [3.63, 3.8) is 0 Å². The van der Waals surface area contributed by atoms with Crippen LogP contribution in [-0.2, 0) is 11.0 Å². The van der Waals surface area contributed by atoms with Crippen molar-refractivity contribution >= 4 is 28.4 Å². The van der Waals surface area contributed by atoms with Gasteiger partial charge in [-0.15, -0.1) is 0 Å². The summed E-state index contributed by atoms with van der Waals surface area (Å²) < 4.78 is 54.1. The van der Waals surface area contributed by atoms with Crippen LogP contribution in [0.2, 0.25) is 0 Å². The normalized spacial score (nSPS) is 15.5. The highest BCUT2D eigenvalue weighted by Gasteiger charge is 2.35. The summed E-state index contributed by atoms with van der Waals surface area (Å²) in [5.41, 5.74) is -0.870. The molecule has 2 aromatic heterocycles. The third-order valence-corrected chi connectivity index (χ3v) is 5.88. The van der Waals surface area contributed by atoms with Crippen LogP contribution in [-0.4, -0.2) is 51.9 Å². The van der Waals surface area contributed by atoms with Crippen LogP contribution in [0.4, 0.5) is 29.2 Å². The molecule has 0 saturated carbocycles. The summed E-state index contributed by atoms with van der Waals surface area (Å²) in [4.78, 5) is 28.7. The molecule has 1 atom stereocenters. The number of hydrogen-bond donors (Lipinski definition) is 1. The maximum absolute atomic E-state index is 14.7. The van der Waals surface area contributed by atoms with Gasteiger partial charge < -0.3 is 15.1 Å². The summed E-state index contributed by atoms with van der Waals surface area (Å²) in [7, 11) is 0. The van der Waals surface area contributed by atoms with Crippen LogP contribution in [0.1, 0.15) is 36.8 Å².